The number of carbonyl (C=O) groups is 1. The molecule has 0 spiro atoms. The maximum Gasteiger partial charge on any atom is 0.277 e. The molecule has 0 unspecified atom stereocenters. The summed E-state index contributed by atoms with van der Waals surface area (Å²) in [6, 6.07) is 9.04. The second-order valence-corrected chi connectivity index (χ2v) is 6.33. The Hall–Kier alpha value is -1.86. The number of ketones is 1. The highest BCUT2D eigenvalue weighted by Gasteiger charge is 2.15. The van der Waals surface area contributed by atoms with Crippen molar-refractivity contribution >= 4 is 33.5 Å². The Morgan fingerprint density at radius 3 is 2.91 bits per heavy atom. The first-order valence-electron chi connectivity index (χ1n) is 6.43. The van der Waals surface area contributed by atoms with Crippen molar-refractivity contribution in [3.63, 3.8) is 0 Å². The third kappa shape index (κ3) is 3.31. The minimum absolute atomic E-state index is 0.00513. The fourth-order valence-electron chi connectivity index (χ4n) is 1.86. The number of nitrogens with zero attached hydrogens (tertiary/aromatic N) is 2. The van der Waals surface area contributed by atoms with Crippen LogP contribution in [0.2, 0.25) is 0 Å². The lowest BCUT2D eigenvalue weighted by atomic mass is 10.2. The van der Waals surface area contributed by atoms with Crippen LogP contribution in [0.1, 0.15) is 16.1 Å². The molecule has 0 atom stereocenters. The average Bonchev–Trinajstić information content (AvgIpc) is 3.13. The molecule has 0 radical (unpaired) electrons. The highest BCUT2D eigenvalue weighted by molar-refractivity contribution is 9.10. The second kappa shape index (κ2) is 6.50. The molecule has 2 aromatic heterocycles. The first-order valence-corrected chi connectivity index (χ1v) is 8.21. The van der Waals surface area contributed by atoms with Crippen LogP contribution in [-0.2, 0) is 0 Å². The molecule has 1 aromatic carbocycles. The maximum atomic E-state index is 12.1. The standard InChI is InChI=1S/C15H11BrN2O3S/c1-9-12(5-6-20-9)14-17-18-15(21-14)22-8-13(19)10-3-2-4-11(16)7-10/h2-7H,8H2,1H3. The molecule has 22 heavy (non-hydrogen) atoms. The van der Waals surface area contributed by atoms with Gasteiger partial charge in [-0.3, -0.25) is 4.79 Å². The summed E-state index contributed by atoms with van der Waals surface area (Å²) in [4.78, 5) is 12.1. The zero-order valence-corrected chi connectivity index (χ0v) is 14.0. The molecule has 3 rings (SSSR count). The predicted octanol–water partition coefficient (Wildman–Crippen LogP) is 4.38. The van der Waals surface area contributed by atoms with Crippen LogP contribution < -0.4 is 0 Å². The van der Waals surface area contributed by atoms with Crippen molar-refractivity contribution < 1.29 is 13.6 Å². The molecule has 7 heteroatoms. The molecular weight excluding hydrogens is 368 g/mol. The number of thioether (sulfide) groups is 1. The molecule has 5 nitrogen and oxygen atoms in total. The van der Waals surface area contributed by atoms with E-state index in [-0.39, 0.29) is 11.5 Å². The first-order chi connectivity index (χ1) is 10.6. The van der Waals surface area contributed by atoms with Crippen molar-refractivity contribution in [3.05, 3.63) is 52.4 Å². The lowest BCUT2D eigenvalue weighted by molar-refractivity contribution is 0.102. The summed E-state index contributed by atoms with van der Waals surface area (Å²) in [5, 5.41) is 8.27. The van der Waals surface area contributed by atoms with E-state index in [9.17, 15) is 4.79 Å². The van der Waals surface area contributed by atoms with E-state index in [2.05, 4.69) is 26.1 Å². The minimum Gasteiger partial charge on any atom is -0.469 e. The molecular formula is C15H11BrN2O3S. The summed E-state index contributed by atoms with van der Waals surface area (Å²) >= 11 is 4.57. The number of aryl methyl sites for hydroxylation is 1. The third-order valence-corrected chi connectivity index (χ3v) is 4.28. The van der Waals surface area contributed by atoms with Crippen LogP contribution in [0.3, 0.4) is 0 Å². The Kier molecular flexibility index (Phi) is 4.44. The molecule has 0 bridgehead atoms. The maximum absolute atomic E-state index is 12.1. The van der Waals surface area contributed by atoms with E-state index in [0.29, 0.717) is 22.4 Å². The summed E-state index contributed by atoms with van der Waals surface area (Å²) in [5.74, 6) is 1.35. The van der Waals surface area contributed by atoms with Crippen LogP contribution in [0, 0.1) is 6.92 Å². The Morgan fingerprint density at radius 2 is 2.18 bits per heavy atom. The molecule has 0 N–H and O–H groups in total. The van der Waals surface area contributed by atoms with Crippen LogP contribution in [0.4, 0.5) is 0 Å². The summed E-state index contributed by atoms with van der Waals surface area (Å²) < 4.78 is 11.6. The van der Waals surface area contributed by atoms with E-state index in [0.717, 1.165) is 10.0 Å². The lowest BCUT2D eigenvalue weighted by Gasteiger charge is -1.99. The highest BCUT2D eigenvalue weighted by Crippen LogP contribution is 2.26. The van der Waals surface area contributed by atoms with Gasteiger partial charge in [-0.05, 0) is 25.1 Å². The summed E-state index contributed by atoms with van der Waals surface area (Å²) in [5.41, 5.74) is 1.41. The quantitative estimate of drug-likeness (QED) is 0.484. The van der Waals surface area contributed by atoms with Crippen LogP contribution >= 0.6 is 27.7 Å². The van der Waals surface area contributed by atoms with E-state index in [1.807, 2.05) is 19.1 Å². The van der Waals surface area contributed by atoms with E-state index in [1.165, 1.54) is 11.8 Å². The topological polar surface area (TPSA) is 69.1 Å². The van der Waals surface area contributed by atoms with E-state index < -0.39 is 0 Å². The number of benzene rings is 1. The first kappa shape index (κ1) is 15.1. The van der Waals surface area contributed by atoms with Crippen molar-refractivity contribution in [1.29, 1.82) is 0 Å². The van der Waals surface area contributed by atoms with Gasteiger partial charge in [0.1, 0.15) is 5.76 Å². The van der Waals surface area contributed by atoms with E-state index in [1.54, 1.807) is 24.5 Å². The number of rotatable bonds is 5. The number of carbonyl (C=O) groups excluding carboxylic acids is 1. The number of furan rings is 1. The van der Waals surface area contributed by atoms with Crippen molar-refractivity contribution in [3.8, 4) is 11.5 Å². The molecule has 0 fully saturated rings. The molecule has 2 heterocycles. The van der Waals surface area contributed by atoms with Gasteiger partial charge in [0.25, 0.3) is 11.1 Å². The fraction of sp³-hybridized carbons (Fsp3) is 0.133. The van der Waals surface area contributed by atoms with Gasteiger partial charge in [-0.1, -0.05) is 39.8 Å². The zero-order valence-electron chi connectivity index (χ0n) is 11.6. The van der Waals surface area contributed by atoms with Gasteiger partial charge in [-0.25, -0.2) is 0 Å². The Balaban J connectivity index is 1.66. The smallest absolute Gasteiger partial charge is 0.277 e. The number of hydrogen-bond acceptors (Lipinski definition) is 6. The van der Waals surface area contributed by atoms with Crippen LogP contribution in [0.5, 0.6) is 0 Å². The second-order valence-electron chi connectivity index (χ2n) is 4.49. The van der Waals surface area contributed by atoms with Gasteiger partial charge in [0.15, 0.2) is 5.78 Å². The lowest BCUT2D eigenvalue weighted by Crippen LogP contribution is -2.02. The number of hydrogen-bond donors (Lipinski definition) is 0. The molecule has 0 saturated carbocycles. The molecule has 3 aromatic rings. The molecule has 0 aliphatic heterocycles. The Morgan fingerprint density at radius 1 is 1.32 bits per heavy atom. The van der Waals surface area contributed by atoms with Gasteiger partial charge < -0.3 is 8.83 Å². The van der Waals surface area contributed by atoms with Crippen molar-refractivity contribution in [1.82, 2.24) is 10.2 Å². The summed E-state index contributed by atoms with van der Waals surface area (Å²) in [7, 11) is 0. The number of aromatic nitrogens is 2. The number of Topliss-reactive ketones (excluding diaryl/α,β-unsaturated/α-hetero) is 1. The average molecular weight is 379 g/mol. The van der Waals surface area contributed by atoms with Gasteiger partial charge in [-0.2, -0.15) is 0 Å². The SMILES string of the molecule is Cc1occc1-c1nnc(SCC(=O)c2cccc(Br)c2)o1. The highest BCUT2D eigenvalue weighted by atomic mass is 79.9. The van der Waals surface area contributed by atoms with Gasteiger partial charge in [-0.15, -0.1) is 10.2 Å². The Bertz CT molecular complexity index is 812. The van der Waals surface area contributed by atoms with E-state index in [4.69, 9.17) is 8.83 Å². The normalized spacial score (nSPS) is 10.8. The van der Waals surface area contributed by atoms with Gasteiger partial charge in [0, 0.05) is 10.0 Å². The van der Waals surface area contributed by atoms with Crippen LogP contribution in [-0.4, -0.2) is 21.7 Å². The largest absolute Gasteiger partial charge is 0.469 e. The molecule has 0 aliphatic carbocycles. The fourth-order valence-corrected chi connectivity index (χ4v) is 2.91. The zero-order chi connectivity index (χ0) is 15.5. The Labute approximate surface area is 139 Å². The minimum atomic E-state index is 0.00513. The van der Waals surface area contributed by atoms with Gasteiger partial charge >= 0.3 is 0 Å². The monoisotopic (exact) mass is 378 g/mol. The molecule has 0 amide bonds. The van der Waals surface area contributed by atoms with Gasteiger partial charge in [0.05, 0.1) is 17.6 Å². The van der Waals surface area contributed by atoms with Crippen molar-refractivity contribution in [2.45, 2.75) is 12.1 Å². The third-order valence-electron chi connectivity index (χ3n) is 2.97. The molecule has 0 aliphatic rings. The molecule has 112 valence electrons. The van der Waals surface area contributed by atoms with Crippen LogP contribution in [0.15, 0.2) is 55.1 Å². The van der Waals surface area contributed by atoms with Gasteiger partial charge in [0.2, 0.25) is 0 Å². The summed E-state index contributed by atoms with van der Waals surface area (Å²) in [6.45, 7) is 1.82. The van der Waals surface area contributed by atoms with Crippen molar-refractivity contribution in [2.75, 3.05) is 5.75 Å². The summed E-state index contributed by atoms with van der Waals surface area (Å²) in [6.07, 6.45) is 1.57. The number of halogens is 1. The van der Waals surface area contributed by atoms with Crippen LogP contribution in [0.25, 0.3) is 11.5 Å². The molecule has 0 saturated heterocycles. The van der Waals surface area contributed by atoms with Crippen molar-refractivity contribution in [2.24, 2.45) is 0 Å². The predicted molar refractivity (Wildman–Crippen MR) is 85.9 cm³/mol. The van der Waals surface area contributed by atoms with E-state index >= 15 is 0 Å².